The van der Waals surface area contributed by atoms with Crippen molar-refractivity contribution in [2.45, 2.75) is 25.7 Å². The molecule has 0 atom stereocenters. The smallest absolute Gasteiger partial charge is 0.258 e. The fourth-order valence-electron chi connectivity index (χ4n) is 4.57. The second-order valence-corrected chi connectivity index (χ2v) is 9.52. The summed E-state index contributed by atoms with van der Waals surface area (Å²) in [5.41, 5.74) is 2.78. The minimum atomic E-state index is -0.302. The zero-order chi connectivity index (χ0) is 24.4. The standard InChI is InChI=1S/C28H26N2O4S/c1-33-22-15-14-18(16-23(22)34-2)26(31)30-28-25(20-11-5-6-13-24(20)35-28)27(32)29-21-12-7-9-17-8-3-4-10-19(17)21/h3-4,7-10,12,14-16H,5-6,11,13H2,1-2H3,(H,29,32)(H,30,31). The number of carbonyl (C=O) groups is 2. The highest BCUT2D eigenvalue weighted by molar-refractivity contribution is 7.17. The zero-order valence-electron chi connectivity index (χ0n) is 19.6. The summed E-state index contributed by atoms with van der Waals surface area (Å²) < 4.78 is 10.6. The highest BCUT2D eigenvalue weighted by Gasteiger charge is 2.27. The second kappa shape index (κ2) is 9.80. The molecule has 0 saturated carbocycles. The normalized spacial score (nSPS) is 12.6. The molecule has 0 saturated heterocycles. The van der Waals surface area contributed by atoms with Crippen LogP contribution in [0.2, 0.25) is 0 Å². The Morgan fingerprint density at radius 1 is 0.829 bits per heavy atom. The van der Waals surface area contributed by atoms with Gasteiger partial charge in [0.1, 0.15) is 5.00 Å². The predicted molar refractivity (Wildman–Crippen MR) is 140 cm³/mol. The van der Waals surface area contributed by atoms with Crippen LogP contribution < -0.4 is 20.1 Å². The summed E-state index contributed by atoms with van der Waals surface area (Å²) in [5.74, 6) is 0.512. The summed E-state index contributed by atoms with van der Waals surface area (Å²) >= 11 is 1.50. The van der Waals surface area contributed by atoms with E-state index in [1.54, 1.807) is 25.3 Å². The number of hydrogen-bond acceptors (Lipinski definition) is 5. The van der Waals surface area contributed by atoms with Crippen molar-refractivity contribution in [2.24, 2.45) is 0 Å². The average Bonchev–Trinajstić information content (AvgIpc) is 3.26. The van der Waals surface area contributed by atoms with Crippen LogP contribution in [0.1, 0.15) is 44.0 Å². The lowest BCUT2D eigenvalue weighted by Gasteiger charge is -2.14. The van der Waals surface area contributed by atoms with E-state index in [0.29, 0.717) is 27.6 Å². The van der Waals surface area contributed by atoms with Crippen LogP contribution in [0.25, 0.3) is 10.8 Å². The first kappa shape index (κ1) is 22.9. The first-order chi connectivity index (χ1) is 17.1. The second-order valence-electron chi connectivity index (χ2n) is 8.42. The van der Waals surface area contributed by atoms with Gasteiger partial charge in [-0.2, -0.15) is 0 Å². The van der Waals surface area contributed by atoms with Gasteiger partial charge in [-0.1, -0.05) is 36.4 Å². The van der Waals surface area contributed by atoms with Crippen molar-refractivity contribution in [3.63, 3.8) is 0 Å². The molecule has 1 aliphatic rings. The molecule has 0 bridgehead atoms. The number of amides is 2. The van der Waals surface area contributed by atoms with Crippen molar-refractivity contribution in [3.8, 4) is 11.5 Å². The molecule has 3 aromatic carbocycles. The van der Waals surface area contributed by atoms with Gasteiger partial charge in [0.2, 0.25) is 0 Å². The van der Waals surface area contributed by atoms with Gasteiger partial charge in [0.25, 0.3) is 11.8 Å². The van der Waals surface area contributed by atoms with E-state index in [2.05, 4.69) is 10.6 Å². The van der Waals surface area contributed by atoms with Gasteiger partial charge in [-0.15, -0.1) is 11.3 Å². The summed E-state index contributed by atoms with van der Waals surface area (Å²) in [5, 5.41) is 8.71. The summed E-state index contributed by atoms with van der Waals surface area (Å²) in [7, 11) is 3.08. The van der Waals surface area contributed by atoms with E-state index >= 15 is 0 Å². The Balaban J connectivity index is 1.48. The van der Waals surface area contributed by atoms with Crippen LogP contribution in [0, 0.1) is 0 Å². The summed E-state index contributed by atoms with van der Waals surface area (Å²) in [4.78, 5) is 28.0. The highest BCUT2D eigenvalue weighted by atomic mass is 32.1. The van der Waals surface area contributed by atoms with Gasteiger partial charge < -0.3 is 20.1 Å². The van der Waals surface area contributed by atoms with Crippen LogP contribution in [-0.4, -0.2) is 26.0 Å². The molecule has 6 nitrogen and oxygen atoms in total. The molecule has 5 rings (SSSR count). The van der Waals surface area contributed by atoms with Crippen LogP contribution in [-0.2, 0) is 12.8 Å². The third-order valence-electron chi connectivity index (χ3n) is 6.31. The highest BCUT2D eigenvalue weighted by Crippen LogP contribution is 2.39. The molecule has 1 aliphatic carbocycles. The number of thiophene rings is 1. The Bertz CT molecular complexity index is 1420. The quantitative estimate of drug-likeness (QED) is 0.335. The van der Waals surface area contributed by atoms with Gasteiger partial charge in [-0.25, -0.2) is 0 Å². The molecular weight excluding hydrogens is 460 g/mol. The van der Waals surface area contributed by atoms with E-state index in [9.17, 15) is 9.59 Å². The average molecular weight is 487 g/mol. The molecule has 0 spiro atoms. The molecular formula is C28H26N2O4S. The predicted octanol–water partition coefficient (Wildman–Crippen LogP) is 6.30. The summed E-state index contributed by atoms with van der Waals surface area (Å²) in [6, 6.07) is 18.8. The lowest BCUT2D eigenvalue weighted by molar-refractivity contribution is 0.102. The molecule has 2 amide bonds. The monoisotopic (exact) mass is 486 g/mol. The van der Waals surface area contributed by atoms with Crippen molar-refractivity contribution in [1.29, 1.82) is 0 Å². The van der Waals surface area contributed by atoms with Crippen molar-refractivity contribution in [1.82, 2.24) is 0 Å². The maximum absolute atomic E-state index is 13.6. The Kier molecular flexibility index (Phi) is 6.42. The van der Waals surface area contributed by atoms with Crippen LogP contribution in [0.5, 0.6) is 11.5 Å². The van der Waals surface area contributed by atoms with Crippen molar-refractivity contribution in [3.05, 3.63) is 82.2 Å². The minimum Gasteiger partial charge on any atom is -0.493 e. The van der Waals surface area contributed by atoms with Gasteiger partial charge in [-0.05, 0) is 60.9 Å². The van der Waals surface area contributed by atoms with Gasteiger partial charge in [0, 0.05) is 21.5 Å². The molecule has 1 heterocycles. The van der Waals surface area contributed by atoms with Gasteiger partial charge in [-0.3, -0.25) is 9.59 Å². The van der Waals surface area contributed by atoms with Crippen molar-refractivity contribution >= 4 is 44.6 Å². The number of rotatable bonds is 6. The fraction of sp³-hybridized carbons (Fsp3) is 0.214. The first-order valence-electron chi connectivity index (χ1n) is 11.6. The number of nitrogens with one attached hydrogen (secondary N) is 2. The molecule has 0 fully saturated rings. The summed E-state index contributed by atoms with van der Waals surface area (Å²) in [6.45, 7) is 0. The molecule has 0 aliphatic heterocycles. The number of ether oxygens (including phenoxy) is 2. The number of benzene rings is 3. The van der Waals surface area contributed by atoms with Crippen molar-refractivity contribution in [2.75, 3.05) is 24.9 Å². The SMILES string of the molecule is COc1ccc(C(=O)Nc2sc3c(c2C(=O)Nc2cccc4ccccc24)CCCC3)cc1OC. The fourth-order valence-corrected chi connectivity index (χ4v) is 5.85. The van der Waals surface area contributed by atoms with E-state index in [1.807, 2.05) is 42.5 Å². The van der Waals surface area contributed by atoms with Crippen LogP contribution in [0.4, 0.5) is 10.7 Å². The largest absolute Gasteiger partial charge is 0.493 e. The molecule has 0 unspecified atom stereocenters. The van der Waals surface area contributed by atoms with E-state index in [4.69, 9.17) is 9.47 Å². The molecule has 178 valence electrons. The molecule has 7 heteroatoms. The number of anilines is 2. The number of hydrogen-bond donors (Lipinski definition) is 2. The lowest BCUT2D eigenvalue weighted by Crippen LogP contribution is -2.19. The third kappa shape index (κ3) is 4.47. The maximum Gasteiger partial charge on any atom is 0.258 e. The maximum atomic E-state index is 13.6. The van der Waals surface area contributed by atoms with E-state index in [0.717, 1.165) is 47.7 Å². The third-order valence-corrected chi connectivity index (χ3v) is 7.52. The number of methoxy groups -OCH3 is 2. The zero-order valence-corrected chi connectivity index (χ0v) is 20.5. The number of fused-ring (bicyclic) bond motifs is 2. The van der Waals surface area contributed by atoms with E-state index in [1.165, 1.54) is 23.3 Å². The van der Waals surface area contributed by atoms with Gasteiger partial charge >= 0.3 is 0 Å². The molecule has 1 aromatic heterocycles. The summed E-state index contributed by atoms with van der Waals surface area (Å²) in [6.07, 6.45) is 3.86. The molecule has 0 radical (unpaired) electrons. The van der Waals surface area contributed by atoms with Crippen LogP contribution in [0.15, 0.2) is 60.7 Å². The minimum absolute atomic E-state index is 0.205. The Morgan fingerprint density at radius 3 is 2.43 bits per heavy atom. The number of carbonyl (C=O) groups excluding carboxylic acids is 2. The number of aryl methyl sites for hydroxylation is 1. The van der Waals surface area contributed by atoms with Gasteiger partial charge in [0.15, 0.2) is 11.5 Å². The Morgan fingerprint density at radius 2 is 1.60 bits per heavy atom. The topological polar surface area (TPSA) is 76.7 Å². The first-order valence-corrected chi connectivity index (χ1v) is 12.4. The van der Waals surface area contributed by atoms with Crippen LogP contribution >= 0.6 is 11.3 Å². The molecule has 4 aromatic rings. The molecule has 35 heavy (non-hydrogen) atoms. The molecule has 2 N–H and O–H groups in total. The van der Waals surface area contributed by atoms with Crippen LogP contribution in [0.3, 0.4) is 0 Å². The lowest BCUT2D eigenvalue weighted by atomic mass is 9.95. The van der Waals surface area contributed by atoms with E-state index in [-0.39, 0.29) is 11.8 Å². The Labute approximate surface area is 207 Å². The van der Waals surface area contributed by atoms with Gasteiger partial charge in [0.05, 0.1) is 19.8 Å². The Hall–Kier alpha value is -3.84. The van der Waals surface area contributed by atoms with Crippen molar-refractivity contribution < 1.29 is 19.1 Å². The van der Waals surface area contributed by atoms with E-state index < -0.39 is 0 Å².